The largest absolute Gasteiger partial charge is 0.341 e. The minimum Gasteiger partial charge on any atom is -0.341 e. The number of hydrogen-bond donors (Lipinski definition) is 1. The molecule has 0 bridgehead atoms. The van der Waals surface area contributed by atoms with Crippen molar-refractivity contribution in [2.45, 2.75) is 32.2 Å². The van der Waals surface area contributed by atoms with Crippen LogP contribution in [0.1, 0.15) is 29.7 Å². The van der Waals surface area contributed by atoms with E-state index in [0.29, 0.717) is 6.42 Å². The molecule has 2 aromatic rings. The SMILES string of the molecule is O=C(Nc1ccc(CC(=O)N2CCCN(Cc3cccs3)CC2)cc1)C1CC1. The van der Waals surface area contributed by atoms with Gasteiger partial charge in [0, 0.05) is 49.2 Å². The highest BCUT2D eigenvalue weighted by Crippen LogP contribution is 2.30. The van der Waals surface area contributed by atoms with Gasteiger partial charge in [0.05, 0.1) is 6.42 Å². The standard InChI is InChI=1S/C22H27N3O2S/c26-21(15-17-4-8-19(9-5-17)23-22(27)18-6-7-18)25-11-2-10-24(12-13-25)16-20-3-1-14-28-20/h1,3-5,8-9,14,18H,2,6-7,10-13,15-16H2,(H,23,27). The summed E-state index contributed by atoms with van der Waals surface area (Å²) in [6, 6.07) is 12.0. The fraction of sp³-hybridized carbons (Fsp3) is 0.455. The van der Waals surface area contributed by atoms with Crippen molar-refractivity contribution in [2.24, 2.45) is 5.92 Å². The number of thiophene rings is 1. The van der Waals surface area contributed by atoms with Crippen molar-refractivity contribution in [3.8, 4) is 0 Å². The van der Waals surface area contributed by atoms with Gasteiger partial charge in [-0.2, -0.15) is 0 Å². The number of anilines is 1. The van der Waals surface area contributed by atoms with Crippen LogP contribution in [0.25, 0.3) is 0 Å². The van der Waals surface area contributed by atoms with E-state index in [0.717, 1.165) is 63.2 Å². The summed E-state index contributed by atoms with van der Waals surface area (Å²) < 4.78 is 0. The van der Waals surface area contributed by atoms with E-state index in [1.54, 1.807) is 11.3 Å². The number of amides is 2. The molecule has 28 heavy (non-hydrogen) atoms. The van der Waals surface area contributed by atoms with E-state index in [4.69, 9.17) is 0 Å². The molecule has 6 heteroatoms. The smallest absolute Gasteiger partial charge is 0.227 e. The fourth-order valence-corrected chi connectivity index (χ4v) is 4.33. The lowest BCUT2D eigenvalue weighted by Gasteiger charge is -2.22. The zero-order chi connectivity index (χ0) is 19.3. The van der Waals surface area contributed by atoms with Crippen LogP contribution in [0.3, 0.4) is 0 Å². The normalized spacial score (nSPS) is 17.9. The van der Waals surface area contributed by atoms with Gasteiger partial charge >= 0.3 is 0 Å². The van der Waals surface area contributed by atoms with Crippen LogP contribution in [0.5, 0.6) is 0 Å². The summed E-state index contributed by atoms with van der Waals surface area (Å²) in [6.07, 6.45) is 3.43. The molecule has 1 N–H and O–H groups in total. The Hall–Kier alpha value is -2.18. The summed E-state index contributed by atoms with van der Waals surface area (Å²) in [6.45, 7) is 4.57. The second-order valence-electron chi connectivity index (χ2n) is 7.73. The Morgan fingerprint density at radius 2 is 1.86 bits per heavy atom. The van der Waals surface area contributed by atoms with Gasteiger partial charge < -0.3 is 10.2 Å². The Kier molecular flexibility index (Phi) is 6.07. The Bertz CT molecular complexity index is 800. The molecule has 2 amide bonds. The minimum absolute atomic E-state index is 0.112. The van der Waals surface area contributed by atoms with Gasteiger partial charge in [0.2, 0.25) is 11.8 Å². The van der Waals surface area contributed by atoms with Crippen LogP contribution in [-0.4, -0.2) is 47.8 Å². The summed E-state index contributed by atoms with van der Waals surface area (Å²) in [5.41, 5.74) is 1.81. The van der Waals surface area contributed by atoms with Crippen molar-refractivity contribution in [1.29, 1.82) is 0 Å². The van der Waals surface area contributed by atoms with Crippen LogP contribution in [0.2, 0.25) is 0 Å². The van der Waals surface area contributed by atoms with Crippen molar-refractivity contribution >= 4 is 28.8 Å². The van der Waals surface area contributed by atoms with Gasteiger partial charge in [-0.25, -0.2) is 0 Å². The summed E-state index contributed by atoms with van der Waals surface area (Å²) in [5, 5.41) is 5.06. The molecule has 1 aliphatic heterocycles. The van der Waals surface area contributed by atoms with Crippen LogP contribution in [0, 0.1) is 5.92 Å². The number of rotatable bonds is 6. The van der Waals surface area contributed by atoms with E-state index < -0.39 is 0 Å². The maximum Gasteiger partial charge on any atom is 0.227 e. The molecule has 2 heterocycles. The molecular weight excluding hydrogens is 370 g/mol. The molecule has 1 aromatic carbocycles. The molecule has 148 valence electrons. The molecule has 1 saturated carbocycles. The van der Waals surface area contributed by atoms with Gasteiger partial charge in [-0.1, -0.05) is 18.2 Å². The predicted molar refractivity (Wildman–Crippen MR) is 112 cm³/mol. The van der Waals surface area contributed by atoms with Crippen molar-refractivity contribution < 1.29 is 9.59 Å². The quantitative estimate of drug-likeness (QED) is 0.813. The number of nitrogens with one attached hydrogen (secondary N) is 1. The molecule has 0 spiro atoms. The zero-order valence-corrected chi connectivity index (χ0v) is 16.9. The highest BCUT2D eigenvalue weighted by Gasteiger charge is 2.29. The lowest BCUT2D eigenvalue weighted by Crippen LogP contribution is -2.36. The third-order valence-electron chi connectivity index (χ3n) is 5.43. The van der Waals surface area contributed by atoms with E-state index in [2.05, 4.69) is 27.7 Å². The summed E-state index contributed by atoms with van der Waals surface area (Å²) in [4.78, 5) is 30.4. The maximum absolute atomic E-state index is 12.7. The molecule has 0 unspecified atom stereocenters. The lowest BCUT2D eigenvalue weighted by molar-refractivity contribution is -0.130. The topological polar surface area (TPSA) is 52.7 Å². The maximum atomic E-state index is 12.7. The zero-order valence-electron chi connectivity index (χ0n) is 16.1. The molecular formula is C22H27N3O2S. The molecule has 0 radical (unpaired) electrons. The van der Waals surface area contributed by atoms with Gasteiger partial charge in [0.1, 0.15) is 0 Å². The number of carbonyl (C=O) groups is 2. The molecule has 2 fully saturated rings. The first kappa shape index (κ1) is 19.2. The van der Waals surface area contributed by atoms with E-state index in [1.807, 2.05) is 29.2 Å². The van der Waals surface area contributed by atoms with E-state index in [-0.39, 0.29) is 17.7 Å². The Balaban J connectivity index is 1.26. The summed E-state index contributed by atoms with van der Waals surface area (Å²) in [7, 11) is 0. The second-order valence-corrected chi connectivity index (χ2v) is 8.76. The third kappa shape index (κ3) is 5.20. The second kappa shape index (κ2) is 8.88. The molecule has 2 aliphatic rings. The summed E-state index contributed by atoms with van der Waals surface area (Å²) in [5.74, 6) is 0.497. The molecule has 1 aromatic heterocycles. The molecule has 5 nitrogen and oxygen atoms in total. The first-order valence-electron chi connectivity index (χ1n) is 10.1. The van der Waals surface area contributed by atoms with Crippen molar-refractivity contribution in [1.82, 2.24) is 9.80 Å². The van der Waals surface area contributed by atoms with Crippen molar-refractivity contribution in [3.05, 3.63) is 52.2 Å². The average Bonchev–Trinajstić information content (AvgIpc) is 3.46. The van der Waals surface area contributed by atoms with Gasteiger partial charge in [-0.3, -0.25) is 14.5 Å². The minimum atomic E-state index is 0.112. The van der Waals surface area contributed by atoms with Gasteiger partial charge in [0.25, 0.3) is 0 Å². The highest BCUT2D eigenvalue weighted by molar-refractivity contribution is 7.09. The Morgan fingerprint density at radius 3 is 2.57 bits per heavy atom. The van der Waals surface area contributed by atoms with Crippen LogP contribution >= 0.6 is 11.3 Å². The van der Waals surface area contributed by atoms with Gasteiger partial charge in [-0.05, 0) is 48.4 Å². The van der Waals surface area contributed by atoms with E-state index in [9.17, 15) is 9.59 Å². The van der Waals surface area contributed by atoms with Gasteiger partial charge in [-0.15, -0.1) is 11.3 Å². The number of carbonyl (C=O) groups excluding carboxylic acids is 2. The first-order valence-corrected chi connectivity index (χ1v) is 11.0. The van der Waals surface area contributed by atoms with Crippen LogP contribution in [0.4, 0.5) is 5.69 Å². The number of nitrogens with zero attached hydrogens (tertiary/aromatic N) is 2. The van der Waals surface area contributed by atoms with Crippen LogP contribution in [0.15, 0.2) is 41.8 Å². The predicted octanol–water partition coefficient (Wildman–Crippen LogP) is 3.37. The van der Waals surface area contributed by atoms with E-state index >= 15 is 0 Å². The van der Waals surface area contributed by atoms with Gasteiger partial charge in [0.15, 0.2) is 0 Å². The Morgan fingerprint density at radius 1 is 1.04 bits per heavy atom. The number of hydrogen-bond acceptors (Lipinski definition) is 4. The fourth-order valence-electron chi connectivity index (χ4n) is 3.58. The third-order valence-corrected chi connectivity index (χ3v) is 6.29. The van der Waals surface area contributed by atoms with Crippen LogP contribution in [-0.2, 0) is 22.6 Å². The molecule has 1 saturated heterocycles. The first-order chi connectivity index (χ1) is 13.7. The van der Waals surface area contributed by atoms with E-state index in [1.165, 1.54) is 4.88 Å². The average molecular weight is 398 g/mol. The highest BCUT2D eigenvalue weighted by atomic mass is 32.1. The van der Waals surface area contributed by atoms with Crippen molar-refractivity contribution in [2.75, 3.05) is 31.5 Å². The molecule has 0 atom stereocenters. The summed E-state index contributed by atoms with van der Waals surface area (Å²) >= 11 is 1.79. The molecule has 4 rings (SSSR count). The number of benzene rings is 1. The molecule has 1 aliphatic carbocycles. The lowest BCUT2D eigenvalue weighted by atomic mass is 10.1. The van der Waals surface area contributed by atoms with Crippen LogP contribution < -0.4 is 5.32 Å². The van der Waals surface area contributed by atoms with Crippen molar-refractivity contribution in [3.63, 3.8) is 0 Å². The monoisotopic (exact) mass is 397 g/mol. The Labute approximate surface area is 170 Å².